The molecule has 2 aromatic carbocycles. The molecule has 0 saturated carbocycles. The molecule has 2 aromatic rings. The second-order valence-corrected chi connectivity index (χ2v) is 7.80. The number of anilines is 1. The van der Waals surface area contributed by atoms with Crippen molar-refractivity contribution in [3.05, 3.63) is 63.6 Å². The van der Waals surface area contributed by atoms with Gasteiger partial charge in [0, 0.05) is 10.2 Å². The Balaban J connectivity index is 1.92. The van der Waals surface area contributed by atoms with Crippen LogP contribution < -0.4 is 5.32 Å². The predicted molar refractivity (Wildman–Crippen MR) is 100 cm³/mol. The van der Waals surface area contributed by atoms with Gasteiger partial charge in [-0.3, -0.25) is 0 Å². The number of nitrogens with one attached hydrogen (secondary N) is 1. The van der Waals surface area contributed by atoms with Crippen LogP contribution in [0, 0.1) is 5.41 Å². The van der Waals surface area contributed by atoms with Crippen molar-refractivity contribution in [3.63, 3.8) is 0 Å². The fraction of sp³-hybridized carbons (Fsp3) is 0.350. The molecular formula is C20H22BrNO2. The number of carbonyl (C=O) groups excluding carboxylic acids is 1. The van der Waals surface area contributed by atoms with Gasteiger partial charge in [-0.1, -0.05) is 41.9 Å². The highest BCUT2D eigenvalue weighted by atomic mass is 79.9. The number of halogens is 1. The summed E-state index contributed by atoms with van der Waals surface area (Å²) < 4.78 is 6.19. The number of ether oxygens (including phenoxy) is 1. The molecule has 1 heterocycles. The van der Waals surface area contributed by atoms with Crippen LogP contribution in [0.1, 0.15) is 48.3 Å². The standard InChI is InChI=1S/C20H22BrNO2/c1-4-24-19(23)14-7-10-17-15(11-14)12-20(2,3)18(22-17)13-5-8-16(21)9-6-13/h5-11,18,22H,4,12H2,1-3H3. The number of esters is 1. The Bertz CT molecular complexity index is 753. The van der Waals surface area contributed by atoms with Crippen molar-refractivity contribution in [2.24, 2.45) is 5.41 Å². The van der Waals surface area contributed by atoms with E-state index < -0.39 is 0 Å². The Morgan fingerprint density at radius 1 is 1.25 bits per heavy atom. The topological polar surface area (TPSA) is 38.3 Å². The highest BCUT2D eigenvalue weighted by Gasteiger charge is 2.36. The summed E-state index contributed by atoms with van der Waals surface area (Å²) in [5.41, 5.74) is 4.18. The molecule has 1 N–H and O–H groups in total. The summed E-state index contributed by atoms with van der Waals surface area (Å²) >= 11 is 3.49. The highest BCUT2D eigenvalue weighted by molar-refractivity contribution is 9.10. The van der Waals surface area contributed by atoms with E-state index in [1.54, 1.807) is 0 Å². The van der Waals surface area contributed by atoms with Gasteiger partial charge in [0.2, 0.25) is 0 Å². The Morgan fingerprint density at radius 2 is 1.96 bits per heavy atom. The van der Waals surface area contributed by atoms with Crippen LogP contribution in [0.15, 0.2) is 46.9 Å². The summed E-state index contributed by atoms with van der Waals surface area (Å²) in [5, 5.41) is 3.65. The minimum atomic E-state index is -0.256. The molecule has 4 heteroatoms. The Labute approximate surface area is 151 Å². The fourth-order valence-corrected chi connectivity index (χ4v) is 3.62. The molecular weight excluding hydrogens is 366 g/mol. The molecule has 0 aliphatic carbocycles. The molecule has 0 amide bonds. The summed E-state index contributed by atoms with van der Waals surface area (Å²) in [6.07, 6.45) is 0.906. The van der Waals surface area contributed by atoms with Crippen molar-refractivity contribution in [2.45, 2.75) is 33.2 Å². The SMILES string of the molecule is CCOC(=O)c1ccc2c(c1)CC(C)(C)C(c1ccc(Br)cc1)N2. The lowest BCUT2D eigenvalue weighted by atomic mass is 9.73. The molecule has 1 unspecified atom stereocenters. The number of fused-ring (bicyclic) bond motifs is 1. The molecule has 0 spiro atoms. The lowest BCUT2D eigenvalue weighted by Crippen LogP contribution is -2.35. The van der Waals surface area contributed by atoms with E-state index in [4.69, 9.17) is 4.74 Å². The lowest BCUT2D eigenvalue weighted by Gasteiger charge is -2.41. The first kappa shape index (κ1) is 17.0. The van der Waals surface area contributed by atoms with Crippen molar-refractivity contribution < 1.29 is 9.53 Å². The van der Waals surface area contributed by atoms with Crippen LogP contribution >= 0.6 is 15.9 Å². The van der Waals surface area contributed by atoms with Gasteiger partial charge in [-0.15, -0.1) is 0 Å². The summed E-state index contributed by atoms with van der Waals surface area (Å²) in [6.45, 7) is 6.73. The van der Waals surface area contributed by atoms with Gasteiger partial charge in [-0.25, -0.2) is 4.79 Å². The van der Waals surface area contributed by atoms with E-state index in [0.717, 1.165) is 16.6 Å². The maximum absolute atomic E-state index is 12.0. The largest absolute Gasteiger partial charge is 0.462 e. The van der Waals surface area contributed by atoms with Crippen molar-refractivity contribution >= 4 is 27.6 Å². The average Bonchev–Trinajstić information content (AvgIpc) is 2.54. The smallest absolute Gasteiger partial charge is 0.338 e. The number of hydrogen-bond donors (Lipinski definition) is 1. The maximum Gasteiger partial charge on any atom is 0.338 e. The zero-order chi connectivity index (χ0) is 17.3. The molecule has 0 aromatic heterocycles. The summed E-state index contributed by atoms with van der Waals surface area (Å²) in [5.74, 6) is -0.256. The van der Waals surface area contributed by atoms with Crippen molar-refractivity contribution in [1.82, 2.24) is 0 Å². The third-order valence-electron chi connectivity index (χ3n) is 4.55. The van der Waals surface area contributed by atoms with Gasteiger partial charge in [-0.2, -0.15) is 0 Å². The summed E-state index contributed by atoms with van der Waals surface area (Å²) in [4.78, 5) is 12.0. The number of rotatable bonds is 3. The van der Waals surface area contributed by atoms with E-state index in [2.05, 4.69) is 59.4 Å². The first-order valence-corrected chi connectivity index (χ1v) is 9.02. The fourth-order valence-electron chi connectivity index (χ4n) is 3.36. The van der Waals surface area contributed by atoms with Crippen LogP contribution in [0.25, 0.3) is 0 Å². The third kappa shape index (κ3) is 3.34. The minimum absolute atomic E-state index is 0.0358. The summed E-state index contributed by atoms with van der Waals surface area (Å²) in [7, 11) is 0. The molecule has 1 aliphatic heterocycles. The van der Waals surface area contributed by atoms with Gasteiger partial charge < -0.3 is 10.1 Å². The first-order valence-electron chi connectivity index (χ1n) is 8.23. The van der Waals surface area contributed by atoms with Crippen LogP contribution in [0.2, 0.25) is 0 Å². The minimum Gasteiger partial charge on any atom is -0.462 e. The Hall–Kier alpha value is -1.81. The Morgan fingerprint density at radius 3 is 2.62 bits per heavy atom. The second kappa shape index (κ2) is 6.60. The van der Waals surface area contributed by atoms with Crippen LogP contribution in [0.5, 0.6) is 0 Å². The molecule has 24 heavy (non-hydrogen) atoms. The van der Waals surface area contributed by atoms with E-state index in [-0.39, 0.29) is 17.4 Å². The van der Waals surface area contributed by atoms with Crippen LogP contribution in [-0.4, -0.2) is 12.6 Å². The van der Waals surface area contributed by atoms with Gasteiger partial charge in [-0.05, 0) is 60.2 Å². The second-order valence-electron chi connectivity index (χ2n) is 6.89. The van der Waals surface area contributed by atoms with Crippen LogP contribution in [0.3, 0.4) is 0 Å². The van der Waals surface area contributed by atoms with Crippen molar-refractivity contribution in [2.75, 3.05) is 11.9 Å². The van der Waals surface area contributed by atoms with E-state index in [0.29, 0.717) is 12.2 Å². The highest BCUT2D eigenvalue weighted by Crippen LogP contribution is 2.45. The van der Waals surface area contributed by atoms with E-state index >= 15 is 0 Å². The summed E-state index contributed by atoms with van der Waals surface area (Å²) in [6, 6.07) is 14.5. The van der Waals surface area contributed by atoms with Gasteiger partial charge in [0.05, 0.1) is 18.2 Å². The monoisotopic (exact) mass is 387 g/mol. The lowest BCUT2D eigenvalue weighted by molar-refractivity contribution is 0.0526. The number of benzene rings is 2. The van der Waals surface area contributed by atoms with Gasteiger partial charge in [0.15, 0.2) is 0 Å². The Kier molecular flexibility index (Phi) is 4.68. The quantitative estimate of drug-likeness (QED) is 0.720. The molecule has 126 valence electrons. The molecule has 0 fully saturated rings. The normalized spacial score (nSPS) is 18.4. The zero-order valence-electron chi connectivity index (χ0n) is 14.2. The van der Waals surface area contributed by atoms with E-state index in [1.807, 2.05) is 25.1 Å². The number of hydrogen-bond acceptors (Lipinski definition) is 3. The van der Waals surface area contributed by atoms with E-state index in [1.165, 1.54) is 11.1 Å². The predicted octanol–water partition coefficient (Wildman–Crippen LogP) is 5.36. The van der Waals surface area contributed by atoms with Crippen molar-refractivity contribution in [1.29, 1.82) is 0 Å². The number of carbonyl (C=O) groups is 1. The molecule has 3 rings (SSSR count). The van der Waals surface area contributed by atoms with Crippen LogP contribution in [-0.2, 0) is 11.2 Å². The molecule has 1 atom stereocenters. The van der Waals surface area contributed by atoms with Gasteiger partial charge >= 0.3 is 5.97 Å². The molecule has 0 bridgehead atoms. The molecule has 1 aliphatic rings. The van der Waals surface area contributed by atoms with Gasteiger partial charge in [0.25, 0.3) is 0 Å². The first-order chi connectivity index (χ1) is 11.4. The van der Waals surface area contributed by atoms with Crippen molar-refractivity contribution in [3.8, 4) is 0 Å². The molecule has 0 radical (unpaired) electrons. The molecule has 0 saturated heterocycles. The zero-order valence-corrected chi connectivity index (χ0v) is 15.8. The van der Waals surface area contributed by atoms with Crippen LogP contribution in [0.4, 0.5) is 5.69 Å². The van der Waals surface area contributed by atoms with Gasteiger partial charge in [0.1, 0.15) is 0 Å². The maximum atomic E-state index is 12.0. The third-order valence-corrected chi connectivity index (χ3v) is 5.08. The molecule has 3 nitrogen and oxygen atoms in total. The van der Waals surface area contributed by atoms with E-state index in [9.17, 15) is 4.79 Å². The average molecular weight is 388 g/mol.